The van der Waals surface area contributed by atoms with Crippen LogP contribution in [0.15, 0.2) is 59.2 Å². The van der Waals surface area contributed by atoms with E-state index in [1.807, 2.05) is 6.07 Å². The number of halogens is 2. The molecule has 1 aliphatic rings. The van der Waals surface area contributed by atoms with Gasteiger partial charge in [-0.25, -0.2) is 9.79 Å². The highest BCUT2D eigenvalue weighted by Gasteiger charge is 2.26. The zero-order valence-electron chi connectivity index (χ0n) is 12.6. The monoisotopic (exact) mass is 340 g/mol. The van der Waals surface area contributed by atoms with Crippen molar-refractivity contribution in [2.24, 2.45) is 4.99 Å². The van der Waals surface area contributed by atoms with Crippen LogP contribution in [0.1, 0.15) is 16.7 Å². The van der Waals surface area contributed by atoms with Crippen molar-refractivity contribution in [3.05, 3.63) is 70.9 Å². The first kappa shape index (κ1) is 16.3. The van der Waals surface area contributed by atoms with Crippen LogP contribution in [0, 0.1) is 11.3 Å². The van der Waals surface area contributed by atoms with Gasteiger partial charge >= 0.3 is 12.6 Å². The van der Waals surface area contributed by atoms with Gasteiger partial charge in [0, 0.05) is 0 Å². The molecule has 0 saturated carbocycles. The van der Waals surface area contributed by atoms with Crippen LogP contribution in [0.4, 0.5) is 8.78 Å². The van der Waals surface area contributed by atoms with Gasteiger partial charge in [0.2, 0.25) is 5.90 Å². The number of esters is 1. The molecule has 0 amide bonds. The molecule has 0 atom stereocenters. The number of benzene rings is 2. The van der Waals surface area contributed by atoms with Gasteiger partial charge in [0.05, 0.1) is 17.2 Å². The van der Waals surface area contributed by atoms with Crippen LogP contribution in [0.5, 0.6) is 5.75 Å². The van der Waals surface area contributed by atoms with Crippen molar-refractivity contribution in [2.75, 3.05) is 0 Å². The molecule has 0 unspecified atom stereocenters. The van der Waals surface area contributed by atoms with Crippen LogP contribution in [-0.2, 0) is 9.53 Å². The van der Waals surface area contributed by atoms with E-state index in [0.29, 0.717) is 11.1 Å². The average molecular weight is 340 g/mol. The van der Waals surface area contributed by atoms with Gasteiger partial charge in [-0.1, -0.05) is 24.3 Å². The van der Waals surface area contributed by atoms with E-state index in [9.17, 15) is 13.6 Å². The highest BCUT2D eigenvalue weighted by Crippen LogP contribution is 2.26. The van der Waals surface area contributed by atoms with Gasteiger partial charge in [0.1, 0.15) is 5.75 Å². The molecule has 5 nitrogen and oxygen atoms in total. The number of rotatable bonds is 4. The Morgan fingerprint density at radius 1 is 1.16 bits per heavy atom. The Balaban J connectivity index is 1.93. The molecular weight excluding hydrogens is 330 g/mol. The number of ether oxygens (including phenoxy) is 2. The molecule has 0 N–H and O–H groups in total. The van der Waals surface area contributed by atoms with Gasteiger partial charge in [0.25, 0.3) is 0 Å². The molecule has 0 saturated heterocycles. The summed E-state index contributed by atoms with van der Waals surface area (Å²) in [6.07, 6.45) is 1.48. The molecule has 1 aliphatic heterocycles. The lowest BCUT2D eigenvalue weighted by Gasteiger charge is -2.08. The van der Waals surface area contributed by atoms with E-state index >= 15 is 0 Å². The number of alkyl halides is 2. The second-order valence-electron chi connectivity index (χ2n) is 4.94. The maximum absolute atomic E-state index is 12.5. The van der Waals surface area contributed by atoms with Gasteiger partial charge < -0.3 is 9.47 Å². The molecule has 0 radical (unpaired) electrons. The van der Waals surface area contributed by atoms with Crippen LogP contribution in [0.3, 0.4) is 0 Å². The Morgan fingerprint density at radius 3 is 2.56 bits per heavy atom. The van der Waals surface area contributed by atoms with E-state index in [1.54, 1.807) is 30.3 Å². The van der Waals surface area contributed by atoms with Crippen LogP contribution in [0.2, 0.25) is 0 Å². The molecule has 124 valence electrons. The first-order chi connectivity index (χ1) is 12.1. The maximum Gasteiger partial charge on any atom is 0.387 e. The zero-order chi connectivity index (χ0) is 17.8. The summed E-state index contributed by atoms with van der Waals surface area (Å²) in [5.41, 5.74) is 1.30. The number of carbonyl (C=O) groups excluding carboxylic acids is 1. The van der Waals surface area contributed by atoms with Gasteiger partial charge in [0.15, 0.2) is 5.70 Å². The van der Waals surface area contributed by atoms with Gasteiger partial charge in [-0.15, -0.1) is 0 Å². The third-order valence-corrected chi connectivity index (χ3v) is 3.30. The molecule has 0 spiro atoms. The number of carbonyl (C=O) groups is 1. The van der Waals surface area contributed by atoms with Gasteiger partial charge in [-0.2, -0.15) is 14.0 Å². The van der Waals surface area contributed by atoms with E-state index < -0.39 is 12.6 Å². The summed E-state index contributed by atoms with van der Waals surface area (Å²) in [6, 6.07) is 14.4. The van der Waals surface area contributed by atoms with Crippen LogP contribution in [0.25, 0.3) is 6.08 Å². The van der Waals surface area contributed by atoms with Crippen molar-refractivity contribution >= 4 is 17.9 Å². The minimum absolute atomic E-state index is 0.0200. The fourth-order valence-electron chi connectivity index (χ4n) is 2.18. The van der Waals surface area contributed by atoms with E-state index in [2.05, 4.69) is 9.73 Å². The Hall–Kier alpha value is -3.53. The minimum atomic E-state index is -3.01. The molecule has 1 heterocycles. The molecular formula is C18H10F2N2O3. The summed E-state index contributed by atoms with van der Waals surface area (Å²) >= 11 is 0. The summed E-state index contributed by atoms with van der Waals surface area (Å²) in [5, 5.41) is 8.78. The predicted molar refractivity (Wildman–Crippen MR) is 84.8 cm³/mol. The molecule has 0 aliphatic carbocycles. The van der Waals surface area contributed by atoms with Crippen molar-refractivity contribution in [3.8, 4) is 11.8 Å². The molecule has 25 heavy (non-hydrogen) atoms. The Bertz CT molecular complexity index is 913. The number of hydrogen-bond acceptors (Lipinski definition) is 5. The molecule has 7 heteroatoms. The lowest BCUT2D eigenvalue weighted by Crippen LogP contribution is -2.10. The second-order valence-corrected chi connectivity index (χ2v) is 4.94. The number of hydrogen-bond donors (Lipinski definition) is 0. The van der Waals surface area contributed by atoms with Crippen molar-refractivity contribution < 1.29 is 23.0 Å². The second kappa shape index (κ2) is 6.93. The Morgan fingerprint density at radius 2 is 1.88 bits per heavy atom. The van der Waals surface area contributed by atoms with Crippen molar-refractivity contribution in [2.45, 2.75) is 6.61 Å². The van der Waals surface area contributed by atoms with Crippen LogP contribution in [-0.4, -0.2) is 18.5 Å². The minimum Gasteiger partial charge on any atom is -0.434 e. The SMILES string of the molecule is N#Cc1ccc(C=C2N=C(c3ccccc3OC(F)F)OC2=O)cc1. The van der Waals surface area contributed by atoms with E-state index in [1.165, 1.54) is 24.3 Å². The largest absolute Gasteiger partial charge is 0.434 e. The number of aliphatic imine (C=N–C) groups is 1. The number of nitrogens with zero attached hydrogens (tertiary/aromatic N) is 2. The van der Waals surface area contributed by atoms with Crippen molar-refractivity contribution in [1.82, 2.24) is 0 Å². The zero-order valence-corrected chi connectivity index (χ0v) is 12.6. The Labute approximate surface area is 141 Å². The molecule has 0 bridgehead atoms. The van der Waals surface area contributed by atoms with Gasteiger partial charge in [-0.3, -0.25) is 0 Å². The average Bonchev–Trinajstić information content (AvgIpc) is 2.96. The summed E-state index contributed by atoms with van der Waals surface area (Å²) in [5.74, 6) is -0.948. The normalized spacial score (nSPS) is 15.0. The standard InChI is InChI=1S/C18H10F2N2O3/c19-18(20)24-15-4-2-1-3-13(15)16-22-14(17(23)25-16)9-11-5-7-12(10-21)8-6-11/h1-9,18H. The third kappa shape index (κ3) is 3.70. The van der Waals surface area contributed by atoms with Crippen molar-refractivity contribution in [3.63, 3.8) is 0 Å². The molecule has 2 aromatic rings. The summed E-state index contributed by atoms with van der Waals surface area (Å²) in [4.78, 5) is 16.0. The summed E-state index contributed by atoms with van der Waals surface area (Å²) in [7, 11) is 0. The van der Waals surface area contributed by atoms with E-state index in [0.717, 1.165) is 0 Å². The van der Waals surface area contributed by atoms with E-state index in [-0.39, 0.29) is 22.9 Å². The maximum atomic E-state index is 12.5. The highest BCUT2D eigenvalue weighted by atomic mass is 19.3. The molecule has 2 aromatic carbocycles. The van der Waals surface area contributed by atoms with Crippen LogP contribution >= 0.6 is 0 Å². The number of nitriles is 1. The Kier molecular flexibility index (Phi) is 4.53. The van der Waals surface area contributed by atoms with E-state index in [4.69, 9.17) is 10.00 Å². The lowest BCUT2D eigenvalue weighted by atomic mass is 10.1. The fraction of sp³-hybridized carbons (Fsp3) is 0.0556. The highest BCUT2D eigenvalue weighted by molar-refractivity contribution is 6.13. The predicted octanol–water partition coefficient (Wildman–Crippen LogP) is 3.50. The topological polar surface area (TPSA) is 71.7 Å². The summed E-state index contributed by atoms with van der Waals surface area (Å²) < 4.78 is 34.5. The fourth-order valence-corrected chi connectivity index (χ4v) is 2.18. The quantitative estimate of drug-likeness (QED) is 0.631. The number of para-hydroxylation sites is 1. The third-order valence-electron chi connectivity index (χ3n) is 3.30. The molecule has 0 aromatic heterocycles. The van der Waals surface area contributed by atoms with Gasteiger partial charge in [-0.05, 0) is 35.9 Å². The van der Waals surface area contributed by atoms with Crippen LogP contribution < -0.4 is 4.74 Å². The molecule has 0 fully saturated rings. The first-order valence-corrected chi connectivity index (χ1v) is 7.14. The van der Waals surface area contributed by atoms with Crippen molar-refractivity contribution in [1.29, 1.82) is 5.26 Å². The smallest absolute Gasteiger partial charge is 0.387 e. The first-order valence-electron chi connectivity index (χ1n) is 7.14. The molecule has 3 rings (SSSR count). The number of cyclic esters (lactones) is 1. The summed E-state index contributed by atoms with van der Waals surface area (Å²) in [6.45, 7) is -3.01. The lowest BCUT2D eigenvalue weighted by molar-refractivity contribution is -0.129.